The van der Waals surface area contributed by atoms with Crippen LogP contribution in [0.25, 0.3) is 0 Å². The van der Waals surface area contributed by atoms with E-state index in [0.717, 1.165) is 11.8 Å². The first kappa shape index (κ1) is 12.2. The van der Waals surface area contributed by atoms with Gasteiger partial charge in [-0.3, -0.25) is 8.86 Å². The maximum Gasteiger partial charge on any atom is 0.264 e. The fourth-order valence-corrected chi connectivity index (χ4v) is 1.80. The van der Waals surface area contributed by atoms with Crippen LogP contribution in [0.5, 0.6) is 0 Å². The summed E-state index contributed by atoms with van der Waals surface area (Å²) < 4.78 is 28.4. The fraction of sp³-hybridized carbons (Fsp3) is 0.667. The first-order chi connectivity index (χ1) is 6.79. The van der Waals surface area contributed by atoms with Crippen LogP contribution in [-0.2, 0) is 14.3 Å². The summed E-state index contributed by atoms with van der Waals surface area (Å²) in [6.07, 6.45) is 3.96. The van der Waals surface area contributed by atoms with E-state index < -0.39 is 16.2 Å². The van der Waals surface area contributed by atoms with Crippen LogP contribution in [0.3, 0.4) is 0 Å². The summed E-state index contributed by atoms with van der Waals surface area (Å²) >= 11 is 0. The van der Waals surface area contributed by atoms with Gasteiger partial charge in [0, 0.05) is 17.8 Å². The Bertz CT molecular complexity index is 422. The first-order valence-corrected chi connectivity index (χ1v) is 6.53. The van der Waals surface area contributed by atoms with Gasteiger partial charge in [0.2, 0.25) is 0 Å². The van der Waals surface area contributed by atoms with Crippen LogP contribution in [0.1, 0.15) is 38.5 Å². The standard InChI is InChI=1S/C9H16N2O3S/c1-7(2)11-6-9(5-10-11)8(3)14-15(4,12)13/h5-8H,1-4H3. The molecule has 0 N–H and O–H groups in total. The van der Waals surface area contributed by atoms with Crippen molar-refractivity contribution in [1.29, 1.82) is 0 Å². The normalized spacial score (nSPS) is 14.5. The maximum absolute atomic E-state index is 10.9. The predicted octanol–water partition coefficient (Wildman–Crippen LogP) is 1.50. The highest BCUT2D eigenvalue weighted by atomic mass is 32.2. The van der Waals surface area contributed by atoms with Gasteiger partial charge >= 0.3 is 0 Å². The Morgan fingerprint density at radius 3 is 2.40 bits per heavy atom. The lowest BCUT2D eigenvalue weighted by atomic mass is 10.2. The highest BCUT2D eigenvalue weighted by Crippen LogP contribution is 2.18. The number of hydrogen-bond acceptors (Lipinski definition) is 4. The third kappa shape index (κ3) is 3.64. The van der Waals surface area contributed by atoms with Gasteiger partial charge in [-0.1, -0.05) is 0 Å². The Morgan fingerprint density at radius 2 is 2.00 bits per heavy atom. The monoisotopic (exact) mass is 232 g/mol. The lowest BCUT2D eigenvalue weighted by molar-refractivity contribution is 0.236. The summed E-state index contributed by atoms with van der Waals surface area (Å²) in [7, 11) is -3.42. The molecular weight excluding hydrogens is 216 g/mol. The van der Waals surface area contributed by atoms with Crippen LogP contribution >= 0.6 is 0 Å². The SMILES string of the molecule is CC(OS(C)(=O)=O)c1cnn(C(C)C)c1. The molecule has 0 fully saturated rings. The summed E-state index contributed by atoms with van der Waals surface area (Å²) in [5, 5.41) is 4.11. The number of rotatable bonds is 4. The van der Waals surface area contributed by atoms with Crippen molar-refractivity contribution in [2.75, 3.05) is 6.26 Å². The number of hydrogen-bond donors (Lipinski definition) is 0. The Morgan fingerprint density at radius 1 is 1.40 bits per heavy atom. The Kier molecular flexibility index (Phi) is 3.51. The van der Waals surface area contributed by atoms with Gasteiger partial charge in [0.1, 0.15) is 6.10 Å². The van der Waals surface area contributed by atoms with Gasteiger partial charge in [-0.05, 0) is 20.8 Å². The van der Waals surface area contributed by atoms with Crippen molar-refractivity contribution in [3.63, 3.8) is 0 Å². The van der Waals surface area contributed by atoms with E-state index in [-0.39, 0.29) is 6.04 Å². The molecule has 1 aromatic heterocycles. The Hall–Kier alpha value is -0.880. The van der Waals surface area contributed by atoms with Crippen molar-refractivity contribution in [3.8, 4) is 0 Å². The van der Waals surface area contributed by atoms with E-state index in [1.165, 1.54) is 0 Å². The molecule has 0 saturated heterocycles. The highest BCUT2D eigenvalue weighted by Gasteiger charge is 2.14. The van der Waals surface area contributed by atoms with Crippen molar-refractivity contribution in [1.82, 2.24) is 9.78 Å². The molecule has 0 aromatic carbocycles. The molecule has 0 amide bonds. The molecule has 6 heteroatoms. The van der Waals surface area contributed by atoms with Crippen molar-refractivity contribution in [3.05, 3.63) is 18.0 Å². The van der Waals surface area contributed by atoms with Crippen LogP contribution in [-0.4, -0.2) is 24.5 Å². The molecule has 5 nitrogen and oxygen atoms in total. The molecule has 1 heterocycles. The molecule has 15 heavy (non-hydrogen) atoms. The van der Waals surface area contributed by atoms with Gasteiger partial charge in [0.05, 0.1) is 12.5 Å². The van der Waals surface area contributed by atoms with E-state index >= 15 is 0 Å². The Labute approximate surface area is 90.2 Å². The van der Waals surface area contributed by atoms with Crippen molar-refractivity contribution >= 4 is 10.1 Å². The largest absolute Gasteiger partial charge is 0.270 e. The van der Waals surface area contributed by atoms with Gasteiger partial charge in [-0.25, -0.2) is 0 Å². The quantitative estimate of drug-likeness (QED) is 0.738. The fourth-order valence-electron chi connectivity index (χ4n) is 1.16. The molecule has 0 aliphatic carbocycles. The third-order valence-corrected chi connectivity index (χ3v) is 2.58. The average molecular weight is 232 g/mol. The van der Waals surface area contributed by atoms with E-state index in [2.05, 4.69) is 5.10 Å². The summed E-state index contributed by atoms with van der Waals surface area (Å²) in [4.78, 5) is 0. The van der Waals surface area contributed by atoms with Gasteiger partial charge in [-0.15, -0.1) is 0 Å². The molecule has 0 saturated carbocycles. The molecule has 1 aromatic rings. The summed E-state index contributed by atoms with van der Waals surface area (Å²) in [5.41, 5.74) is 0.758. The molecule has 86 valence electrons. The summed E-state index contributed by atoms with van der Waals surface area (Å²) in [6.45, 7) is 5.68. The minimum absolute atomic E-state index is 0.254. The van der Waals surface area contributed by atoms with E-state index in [9.17, 15) is 8.42 Å². The molecule has 0 radical (unpaired) electrons. The average Bonchev–Trinajstić information content (AvgIpc) is 2.47. The zero-order chi connectivity index (χ0) is 11.6. The minimum atomic E-state index is -3.42. The van der Waals surface area contributed by atoms with E-state index in [1.54, 1.807) is 24.0 Å². The van der Waals surface area contributed by atoms with Gasteiger partial charge in [0.25, 0.3) is 10.1 Å². The van der Waals surface area contributed by atoms with Crippen LogP contribution in [0.15, 0.2) is 12.4 Å². The van der Waals surface area contributed by atoms with E-state index in [1.807, 2.05) is 13.8 Å². The molecule has 0 bridgehead atoms. The van der Waals surface area contributed by atoms with E-state index in [4.69, 9.17) is 4.18 Å². The smallest absolute Gasteiger partial charge is 0.264 e. The van der Waals surface area contributed by atoms with Crippen LogP contribution in [0, 0.1) is 0 Å². The maximum atomic E-state index is 10.9. The van der Waals surface area contributed by atoms with Crippen LogP contribution in [0.2, 0.25) is 0 Å². The molecule has 1 rings (SSSR count). The zero-order valence-corrected chi connectivity index (χ0v) is 10.2. The van der Waals surface area contributed by atoms with Crippen LogP contribution < -0.4 is 0 Å². The van der Waals surface area contributed by atoms with Gasteiger partial charge in [-0.2, -0.15) is 13.5 Å². The topological polar surface area (TPSA) is 61.2 Å². The minimum Gasteiger partial charge on any atom is -0.270 e. The van der Waals surface area contributed by atoms with Gasteiger partial charge in [0.15, 0.2) is 0 Å². The lowest BCUT2D eigenvalue weighted by Crippen LogP contribution is -2.07. The summed E-state index contributed by atoms with van der Waals surface area (Å²) in [5.74, 6) is 0. The lowest BCUT2D eigenvalue weighted by Gasteiger charge is -2.08. The molecule has 1 unspecified atom stereocenters. The molecule has 0 spiro atoms. The van der Waals surface area contributed by atoms with Crippen molar-refractivity contribution in [2.24, 2.45) is 0 Å². The second-order valence-corrected chi connectivity index (χ2v) is 5.39. The molecular formula is C9H16N2O3S. The first-order valence-electron chi connectivity index (χ1n) is 4.72. The zero-order valence-electron chi connectivity index (χ0n) is 9.34. The summed E-state index contributed by atoms with van der Waals surface area (Å²) in [6, 6.07) is 0.254. The Balaban J connectivity index is 2.79. The van der Waals surface area contributed by atoms with Gasteiger partial charge < -0.3 is 0 Å². The van der Waals surface area contributed by atoms with Crippen molar-refractivity contribution in [2.45, 2.75) is 32.9 Å². The van der Waals surface area contributed by atoms with Crippen LogP contribution in [0.4, 0.5) is 0 Å². The second kappa shape index (κ2) is 4.32. The predicted molar refractivity (Wildman–Crippen MR) is 57.0 cm³/mol. The molecule has 1 atom stereocenters. The third-order valence-electron chi connectivity index (χ3n) is 1.94. The number of nitrogens with zero attached hydrogens (tertiary/aromatic N) is 2. The van der Waals surface area contributed by atoms with E-state index in [0.29, 0.717) is 0 Å². The highest BCUT2D eigenvalue weighted by molar-refractivity contribution is 7.86. The van der Waals surface area contributed by atoms with Crippen molar-refractivity contribution < 1.29 is 12.6 Å². The second-order valence-electron chi connectivity index (χ2n) is 3.79. The molecule has 0 aliphatic heterocycles. The molecule has 0 aliphatic rings. The number of aromatic nitrogens is 2.